The van der Waals surface area contributed by atoms with Crippen LogP contribution < -0.4 is 0 Å². The van der Waals surface area contributed by atoms with Crippen molar-refractivity contribution in [2.24, 2.45) is 0 Å². The molecule has 1 aliphatic rings. The highest BCUT2D eigenvalue weighted by Gasteiger charge is 2.37. The Balaban J connectivity index is 2.36. The Hall–Kier alpha value is -0.440. The number of rotatable bonds is 5. The fourth-order valence-corrected chi connectivity index (χ4v) is 2.66. The summed E-state index contributed by atoms with van der Waals surface area (Å²) in [5.74, 6) is 0.254. The molecule has 0 fully saturated rings. The number of unbranched alkanes of at least 4 members (excludes halogenated alkanes) is 3. The molecule has 0 aromatic heterocycles. The summed E-state index contributed by atoms with van der Waals surface area (Å²) in [5, 5.41) is 9.58. The topological polar surface area (TPSA) is 37.3 Å². The van der Waals surface area contributed by atoms with E-state index in [9.17, 15) is 9.90 Å². The van der Waals surface area contributed by atoms with Crippen molar-refractivity contribution < 1.29 is 9.90 Å². The first-order valence-corrected chi connectivity index (χ1v) is 6.04. The van der Waals surface area contributed by atoms with Gasteiger partial charge in [0.05, 0.1) is 4.75 Å². The third-order valence-corrected chi connectivity index (χ3v) is 3.81. The second kappa shape index (κ2) is 4.87. The number of hydrogen-bond acceptors (Lipinski definition) is 3. The Morgan fingerprint density at radius 3 is 2.64 bits per heavy atom. The maximum Gasteiger partial charge on any atom is 0.216 e. The zero-order chi connectivity index (χ0) is 10.6. The molecule has 0 saturated carbocycles. The molecule has 1 rings (SSSR count). The van der Waals surface area contributed by atoms with E-state index in [4.69, 9.17) is 0 Å². The van der Waals surface area contributed by atoms with Crippen LogP contribution >= 0.6 is 11.8 Å². The SMILES string of the molecule is CCCCCC[C@@]1(C)SC(=O)C=C1O. The van der Waals surface area contributed by atoms with Crippen LogP contribution in [0.25, 0.3) is 0 Å². The summed E-state index contributed by atoms with van der Waals surface area (Å²) >= 11 is 1.25. The number of thioether (sulfide) groups is 1. The molecule has 80 valence electrons. The number of hydrogen-bond donors (Lipinski definition) is 1. The third kappa shape index (κ3) is 2.77. The number of aliphatic hydroxyl groups is 1. The molecule has 0 aromatic carbocycles. The first-order chi connectivity index (χ1) is 6.58. The van der Waals surface area contributed by atoms with E-state index in [-0.39, 0.29) is 15.6 Å². The molecule has 1 heterocycles. The molecule has 0 bridgehead atoms. The second-order valence-electron chi connectivity index (χ2n) is 3.99. The molecule has 0 saturated heterocycles. The Kier molecular flexibility index (Phi) is 4.05. The van der Waals surface area contributed by atoms with Gasteiger partial charge in [-0.3, -0.25) is 4.79 Å². The van der Waals surface area contributed by atoms with Crippen LogP contribution in [-0.2, 0) is 4.79 Å². The highest BCUT2D eigenvalue weighted by atomic mass is 32.2. The average molecular weight is 214 g/mol. The zero-order valence-electron chi connectivity index (χ0n) is 8.88. The summed E-state index contributed by atoms with van der Waals surface area (Å²) in [6.45, 7) is 4.12. The van der Waals surface area contributed by atoms with Crippen molar-refractivity contribution in [3.63, 3.8) is 0 Å². The van der Waals surface area contributed by atoms with Gasteiger partial charge in [-0.2, -0.15) is 0 Å². The molecule has 14 heavy (non-hydrogen) atoms. The van der Waals surface area contributed by atoms with Crippen molar-refractivity contribution in [2.75, 3.05) is 0 Å². The minimum Gasteiger partial charge on any atom is -0.511 e. The van der Waals surface area contributed by atoms with Crippen molar-refractivity contribution in [1.29, 1.82) is 0 Å². The Labute approximate surface area is 89.8 Å². The summed E-state index contributed by atoms with van der Waals surface area (Å²) < 4.78 is -0.342. The quantitative estimate of drug-likeness (QED) is 0.712. The van der Waals surface area contributed by atoms with Gasteiger partial charge in [0.1, 0.15) is 5.76 Å². The van der Waals surface area contributed by atoms with E-state index in [0.29, 0.717) is 0 Å². The number of carbonyl (C=O) groups is 1. The third-order valence-electron chi connectivity index (χ3n) is 2.63. The van der Waals surface area contributed by atoms with E-state index < -0.39 is 0 Å². The van der Waals surface area contributed by atoms with Crippen molar-refractivity contribution >= 4 is 16.9 Å². The molecule has 2 nitrogen and oxygen atoms in total. The molecule has 0 aliphatic carbocycles. The molecular weight excluding hydrogens is 196 g/mol. The number of aliphatic hydroxyl groups excluding tert-OH is 1. The first-order valence-electron chi connectivity index (χ1n) is 5.22. The van der Waals surface area contributed by atoms with Crippen molar-refractivity contribution in [1.82, 2.24) is 0 Å². The lowest BCUT2D eigenvalue weighted by atomic mass is 10.00. The second-order valence-corrected chi connectivity index (χ2v) is 5.50. The predicted molar refractivity (Wildman–Crippen MR) is 60.5 cm³/mol. The highest BCUT2D eigenvalue weighted by Crippen LogP contribution is 2.42. The van der Waals surface area contributed by atoms with Crippen molar-refractivity contribution in [3.8, 4) is 0 Å². The maximum atomic E-state index is 11.1. The predicted octanol–water partition coefficient (Wildman–Crippen LogP) is 3.43. The van der Waals surface area contributed by atoms with Gasteiger partial charge >= 0.3 is 0 Å². The van der Waals surface area contributed by atoms with E-state index in [1.54, 1.807) is 0 Å². The average Bonchev–Trinajstić information content (AvgIpc) is 2.36. The molecule has 0 radical (unpaired) electrons. The van der Waals surface area contributed by atoms with Gasteiger partial charge in [-0.25, -0.2) is 0 Å². The van der Waals surface area contributed by atoms with Gasteiger partial charge in [-0.05, 0) is 13.3 Å². The Morgan fingerprint density at radius 1 is 1.43 bits per heavy atom. The van der Waals surface area contributed by atoms with Crippen LogP contribution in [0, 0.1) is 0 Å². The van der Waals surface area contributed by atoms with Crippen LogP contribution in [0.2, 0.25) is 0 Å². The van der Waals surface area contributed by atoms with E-state index in [1.807, 2.05) is 6.92 Å². The maximum absolute atomic E-state index is 11.1. The zero-order valence-corrected chi connectivity index (χ0v) is 9.69. The molecule has 0 unspecified atom stereocenters. The molecule has 0 spiro atoms. The summed E-state index contributed by atoms with van der Waals surface area (Å²) in [7, 11) is 0. The van der Waals surface area contributed by atoms with Crippen LogP contribution in [0.1, 0.15) is 46.0 Å². The van der Waals surface area contributed by atoms with Gasteiger partial charge in [0, 0.05) is 6.08 Å². The van der Waals surface area contributed by atoms with Crippen LogP contribution in [0.15, 0.2) is 11.8 Å². The largest absolute Gasteiger partial charge is 0.511 e. The summed E-state index contributed by atoms with van der Waals surface area (Å²) in [6.07, 6.45) is 6.97. The fourth-order valence-electron chi connectivity index (χ4n) is 1.64. The van der Waals surface area contributed by atoms with Gasteiger partial charge < -0.3 is 5.11 Å². The van der Waals surface area contributed by atoms with Gasteiger partial charge in [0.15, 0.2) is 0 Å². The minimum atomic E-state index is -0.342. The first kappa shape index (κ1) is 11.6. The highest BCUT2D eigenvalue weighted by molar-refractivity contribution is 8.15. The minimum absolute atomic E-state index is 0.0134. The summed E-state index contributed by atoms with van der Waals surface area (Å²) in [5.41, 5.74) is 0. The van der Waals surface area contributed by atoms with E-state index in [2.05, 4.69) is 6.92 Å². The lowest BCUT2D eigenvalue weighted by Gasteiger charge is -2.22. The lowest BCUT2D eigenvalue weighted by molar-refractivity contribution is -0.106. The smallest absolute Gasteiger partial charge is 0.216 e. The molecule has 1 N–H and O–H groups in total. The molecule has 1 aliphatic heterocycles. The van der Waals surface area contributed by atoms with E-state index >= 15 is 0 Å². The van der Waals surface area contributed by atoms with Crippen molar-refractivity contribution in [3.05, 3.63) is 11.8 Å². The fraction of sp³-hybridized carbons (Fsp3) is 0.727. The molecule has 0 amide bonds. The summed E-state index contributed by atoms with van der Waals surface area (Å²) in [6, 6.07) is 0. The monoisotopic (exact) mass is 214 g/mol. The Morgan fingerprint density at radius 2 is 2.14 bits per heavy atom. The van der Waals surface area contributed by atoms with E-state index in [0.717, 1.165) is 12.8 Å². The van der Waals surface area contributed by atoms with E-state index in [1.165, 1.54) is 37.1 Å². The number of carbonyl (C=O) groups excluding carboxylic acids is 1. The van der Waals surface area contributed by atoms with Gasteiger partial charge in [0.25, 0.3) is 0 Å². The molecule has 0 aromatic rings. The molecule has 1 atom stereocenters. The Bertz CT molecular complexity index is 248. The van der Waals surface area contributed by atoms with Gasteiger partial charge in [-0.1, -0.05) is 44.4 Å². The van der Waals surface area contributed by atoms with Crippen LogP contribution in [0.4, 0.5) is 0 Å². The normalized spacial score (nSPS) is 26.7. The van der Waals surface area contributed by atoms with Gasteiger partial charge in [0.2, 0.25) is 5.12 Å². The molecule has 3 heteroatoms. The van der Waals surface area contributed by atoms with Crippen LogP contribution in [0.5, 0.6) is 0 Å². The lowest BCUT2D eigenvalue weighted by Crippen LogP contribution is -2.20. The molecular formula is C11H18O2S. The van der Waals surface area contributed by atoms with Gasteiger partial charge in [-0.15, -0.1) is 0 Å². The summed E-state index contributed by atoms with van der Waals surface area (Å²) in [4.78, 5) is 11.1. The van der Waals surface area contributed by atoms with Crippen molar-refractivity contribution in [2.45, 2.75) is 50.7 Å². The van der Waals surface area contributed by atoms with Crippen LogP contribution in [-0.4, -0.2) is 15.0 Å². The standard InChI is InChI=1S/C11H18O2S/c1-3-4-5-6-7-11(2)9(12)8-10(13)14-11/h8,12H,3-7H2,1-2H3/t11-/m1/s1. The van der Waals surface area contributed by atoms with Crippen LogP contribution in [0.3, 0.4) is 0 Å².